The SMILES string of the molecule is CC[C@H](C)NC(=O)[C@@H](C)N(CCc1ccccc1)C(=O)CN(c1cccc(OC)c1)S(=O)(=O)c1ccc(C)cc1. The molecule has 0 bridgehead atoms. The van der Waals surface area contributed by atoms with Crippen LogP contribution in [0.4, 0.5) is 5.69 Å². The first-order valence-electron chi connectivity index (χ1n) is 13.4. The number of hydrogen-bond acceptors (Lipinski definition) is 5. The molecular formula is C31H39N3O5S. The van der Waals surface area contributed by atoms with Crippen LogP contribution < -0.4 is 14.4 Å². The number of nitrogens with zero attached hydrogens (tertiary/aromatic N) is 2. The predicted molar refractivity (Wildman–Crippen MR) is 158 cm³/mol. The molecule has 0 saturated carbocycles. The van der Waals surface area contributed by atoms with Crippen molar-refractivity contribution >= 4 is 27.5 Å². The Hall–Kier alpha value is -3.85. The van der Waals surface area contributed by atoms with E-state index in [1.807, 2.05) is 51.1 Å². The van der Waals surface area contributed by atoms with E-state index in [1.165, 1.54) is 24.1 Å². The number of amides is 2. The number of carbonyl (C=O) groups excluding carboxylic acids is 2. The number of rotatable bonds is 13. The minimum atomic E-state index is -4.13. The number of nitrogens with one attached hydrogen (secondary N) is 1. The molecule has 8 nitrogen and oxygen atoms in total. The smallest absolute Gasteiger partial charge is 0.264 e. The van der Waals surface area contributed by atoms with Gasteiger partial charge in [-0.25, -0.2) is 8.42 Å². The topological polar surface area (TPSA) is 96.0 Å². The average molecular weight is 566 g/mol. The van der Waals surface area contributed by atoms with E-state index >= 15 is 0 Å². The normalized spacial score (nSPS) is 12.7. The molecule has 3 rings (SSSR count). The van der Waals surface area contributed by atoms with Crippen LogP contribution in [0.25, 0.3) is 0 Å². The lowest BCUT2D eigenvalue weighted by Crippen LogP contribution is -2.53. The van der Waals surface area contributed by atoms with Gasteiger partial charge in [0, 0.05) is 18.7 Å². The second kappa shape index (κ2) is 14.0. The lowest BCUT2D eigenvalue weighted by Gasteiger charge is -2.32. The van der Waals surface area contributed by atoms with Gasteiger partial charge in [0.25, 0.3) is 10.0 Å². The number of ether oxygens (including phenoxy) is 1. The van der Waals surface area contributed by atoms with Crippen LogP contribution in [0.2, 0.25) is 0 Å². The van der Waals surface area contributed by atoms with Crippen molar-refractivity contribution in [3.05, 3.63) is 90.0 Å². The van der Waals surface area contributed by atoms with Gasteiger partial charge in [-0.1, -0.05) is 61.0 Å². The van der Waals surface area contributed by atoms with Crippen molar-refractivity contribution in [1.29, 1.82) is 0 Å². The Balaban J connectivity index is 1.99. The Morgan fingerprint density at radius 2 is 1.62 bits per heavy atom. The fourth-order valence-corrected chi connectivity index (χ4v) is 5.57. The molecule has 3 aromatic carbocycles. The van der Waals surface area contributed by atoms with Crippen molar-refractivity contribution in [3.63, 3.8) is 0 Å². The highest BCUT2D eigenvalue weighted by atomic mass is 32.2. The minimum Gasteiger partial charge on any atom is -0.497 e. The molecule has 0 unspecified atom stereocenters. The number of carbonyl (C=O) groups is 2. The van der Waals surface area contributed by atoms with Gasteiger partial charge in [0.2, 0.25) is 11.8 Å². The van der Waals surface area contributed by atoms with Crippen molar-refractivity contribution < 1.29 is 22.7 Å². The molecule has 3 aromatic rings. The summed E-state index contributed by atoms with van der Waals surface area (Å²) in [6.07, 6.45) is 1.26. The molecule has 0 aliphatic heterocycles. The van der Waals surface area contributed by atoms with Crippen molar-refractivity contribution in [2.45, 2.75) is 57.5 Å². The Bertz CT molecular complexity index is 1380. The number of benzene rings is 3. The third kappa shape index (κ3) is 7.85. The van der Waals surface area contributed by atoms with Crippen LogP contribution in [0.5, 0.6) is 5.75 Å². The van der Waals surface area contributed by atoms with Gasteiger partial charge in [-0.05, 0) is 63.4 Å². The highest BCUT2D eigenvalue weighted by Crippen LogP contribution is 2.27. The van der Waals surface area contributed by atoms with E-state index in [0.717, 1.165) is 21.9 Å². The minimum absolute atomic E-state index is 0.0591. The fraction of sp³-hybridized carbons (Fsp3) is 0.355. The van der Waals surface area contributed by atoms with Crippen LogP contribution >= 0.6 is 0 Å². The highest BCUT2D eigenvalue weighted by molar-refractivity contribution is 7.92. The van der Waals surface area contributed by atoms with E-state index in [4.69, 9.17) is 4.74 Å². The fourth-order valence-electron chi connectivity index (χ4n) is 4.17. The van der Waals surface area contributed by atoms with Gasteiger partial charge in [0.15, 0.2) is 0 Å². The summed E-state index contributed by atoms with van der Waals surface area (Å²) in [4.78, 5) is 28.6. The third-order valence-corrected chi connectivity index (χ3v) is 8.67. The number of sulfonamides is 1. The monoisotopic (exact) mass is 565 g/mol. The molecule has 40 heavy (non-hydrogen) atoms. The molecule has 0 radical (unpaired) electrons. The zero-order chi connectivity index (χ0) is 29.3. The summed E-state index contributed by atoms with van der Waals surface area (Å²) in [5, 5.41) is 2.94. The second-order valence-electron chi connectivity index (χ2n) is 9.84. The van der Waals surface area contributed by atoms with Crippen molar-refractivity contribution in [2.75, 3.05) is 24.5 Å². The first-order chi connectivity index (χ1) is 19.1. The van der Waals surface area contributed by atoms with Crippen molar-refractivity contribution in [1.82, 2.24) is 10.2 Å². The second-order valence-corrected chi connectivity index (χ2v) is 11.7. The van der Waals surface area contributed by atoms with E-state index in [2.05, 4.69) is 5.32 Å². The van der Waals surface area contributed by atoms with E-state index in [0.29, 0.717) is 12.2 Å². The number of hydrogen-bond donors (Lipinski definition) is 1. The zero-order valence-corrected chi connectivity index (χ0v) is 24.6. The maximum Gasteiger partial charge on any atom is 0.264 e. The lowest BCUT2D eigenvalue weighted by atomic mass is 10.1. The Morgan fingerprint density at radius 3 is 2.25 bits per heavy atom. The molecule has 2 amide bonds. The van der Waals surface area contributed by atoms with Gasteiger partial charge in [-0.15, -0.1) is 0 Å². The molecule has 0 spiro atoms. The average Bonchev–Trinajstić information content (AvgIpc) is 2.96. The van der Waals surface area contributed by atoms with Gasteiger partial charge >= 0.3 is 0 Å². The Kier molecular flexibility index (Phi) is 10.7. The Labute approximate surface area is 238 Å². The van der Waals surface area contributed by atoms with Crippen LogP contribution in [0.15, 0.2) is 83.8 Å². The summed E-state index contributed by atoms with van der Waals surface area (Å²) in [6, 6.07) is 21.8. The molecule has 214 valence electrons. The largest absolute Gasteiger partial charge is 0.497 e. The van der Waals surface area contributed by atoms with Gasteiger partial charge in [-0.2, -0.15) is 0 Å². The van der Waals surface area contributed by atoms with Crippen LogP contribution in [0.1, 0.15) is 38.3 Å². The molecule has 2 atom stereocenters. The number of aryl methyl sites for hydroxylation is 1. The van der Waals surface area contributed by atoms with E-state index < -0.39 is 28.5 Å². The molecule has 0 aliphatic rings. The quantitative estimate of drug-likeness (QED) is 0.328. The van der Waals surface area contributed by atoms with E-state index in [9.17, 15) is 18.0 Å². The molecule has 1 N–H and O–H groups in total. The molecule has 0 heterocycles. The summed E-state index contributed by atoms with van der Waals surface area (Å²) in [5.41, 5.74) is 2.20. The molecule has 0 saturated heterocycles. The highest BCUT2D eigenvalue weighted by Gasteiger charge is 2.32. The summed E-state index contributed by atoms with van der Waals surface area (Å²) < 4.78 is 34.2. The maximum atomic E-state index is 13.9. The van der Waals surface area contributed by atoms with E-state index in [1.54, 1.807) is 43.3 Å². The van der Waals surface area contributed by atoms with Gasteiger partial charge in [-0.3, -0.25) is 13.9 Å². The summed E-state index contributed by atoms with van der Waals surface area (Å²) >= 11 is 0. The third-order valence-electron chi connectivity index (χ3n) is 6.88. The molecule has 0 fully saturated rings. The van der Waals surface area contributed by atoms with Crippen LogP contribution in [0.3, 0.4) is 0 Å². The van der Waals surface area contributed by atoms with Crippen LogP contribution in [-0.2, 0) is 26.0 Å². The predicted octanol–water partition coefficient (Wildman–Crippen LogP) is 4.57. The molecule has 0 aliphatic carbocycles. The van der Waals surface area contributed by atoms with Crippen LogP contribution in [-0.4, -0.2) is 57.4 Å². The molecule has 9 heteroatoms. The van der Waals surface area contributed by atoms with Crippen molar-refractivity contribution in [3.8, 4) is 5.75 Å². The summed E-state index contributed by atoms with van der Waals surface area (Å²) in [7, 11) is -2.64. The molecule has 0 aromatic heterocycles. The zero-order valence-electron chi connectivity index (χ0n) is 23.8. The van der Waals surface area contributed by atoms with Crippen molar-refractivity contribution in [2.24, 2.45) is 0 Å². The number of anilines is 1. The van der Waals surface area contributed by atoms with Gasteiger partial charge < -0.3 is 15.0 Å². The van der Waals surface area contributed by atoms with Crippen LogP contribution in [0, 0.1) is 6.92 Å². The van der Waals surface area contributed by atoms with Gasteiger partial charge in [0.05, 0.1) is 17.7 Å². The number of methoxy groups -OCH3 is 1. The first kappa shape index (κ1) is 30.7. The lowest BCUT2D eigenvalue weighted by molar-refractivity contribution is -0.139. The summed E-state index contributed by atoms with van der Waals surface area (Å²) in [6.45, 7) is 7.17. The van der Waals surface area contributed by atoms with Gasteiger partial charge in [0.1, 0.15) is 18.3 Å². The Morgan fingerprint density at radius 1 is 0.950 bits per heavy atom. The summed E-state index contributed by atoms with van der Waals surface area (Å²) in [5.74, 6) is -0.317. The molecular weight excluding hydrogens is 526 g/mol. The van der Waals surface area contributed by atoms with E-state index in [-0.39, 0.29) is 29.1 Å². The first-order valence-corrected chi connectivity index (χ1v) is 14.9. The maximum absolute atomic E-state index is 13.9. The standard InChI is InChI=1S/C31H39N3O5S/c1-6-24(3)32-31(36)25(4)33(20-19-26-11-8-7-9-12-26)30(35)22-34(27-13-10-14-28(21-27)39-5)40(37,38)29-17-15-23(2)16-18-29/h7-18,21,24-25H,6,19-20,22H2,1-5H3,(H,32,36)/t24-,25+/m0/s1.